The van der Waals surface area contributed by atoms with E-state index < -0.39 is 0 Å². The molecule has 1 N–H and O–H groups in total. The summed E-state index contributed by atoms with van der Waals surface area (Å²) in [6.45, 7) is 5.17. The van der Waals surface area contributed by atoms with Crippen LogP contribution in [0.2, 0.25) is 0 Å². The molecule has 1 aromatic carbocycles. The molecule has 5 heteroatoms. The van der Waals surface area contributed by atoms with Crippen LogP contribution in [0.25, 0.3) is 0 Å². The van der Waals surface area contributed by atoms with E-state index in [4.69, 9.17) is 4.74 Å². The van der Waals surface area contributed by atoms with Gasteiger partial charge in [0.15, 0.2) is 0 Å². The van der Waals surface area contributed by atoms with E-state index in [1.807, 2.05) is 37.5 Å². The molecule has 1 aromatic heterocycles. The molecule has 0 saturated carbocycles. The minimum atomic E-state index is -0.0319. The number of hydrogen-bond acceptors (Lipinski definition) is 5. The minimum absolute atomic E-state index is 0.0319. The van der Waals surface area contributed by atoms with E-state index in [0.717, 1.165) is 22.9 Å². The van der Waals surface area contributed by atoms with Crippen LogP contribution in [0.1, 0.15) is 41.3 Å². The Kier molecular flexibility index (Phi) is 5.94. The van der Waals surface area contributed by atoms with Gasteiger partial charge in [-0.3, -0.25) is 4.90 Å². The smallest absolute Gasteiger partial charge is 0.118 e. The van der Waals surface area contributed by atoms with Crippen molar-refractivity contribution in [2.24, 2.45) is 0 Å². The number of methoxy groups -OCH3 is 1. The van der Waals surface area contributed by atoms with Gasteiger partial charge in [0, 0.05) is 23.5 Å². The highest BCUT2D eigenvalue weighted by molar-refractivity contribution is 7.11. The maximum absolute atomic E-state index is 9.76. The van der Waals surface area contributed by atoms with Crippen LogP contribution >= 0.6 is 11.3 Å². The Morgan fingerprint density at radius 2 is 1.95 bits per heavy atom. The van der Waals surface area contributed by atoms with E-state index in [2.05, 4.69) is 23.7 Å². The molecule has 0 aliphatic carbocycles. The van der Waals surface area contributed by atoms with Crippen LogP contribution in [0.3, 0.4) is 0 Å². The van der Waals surface area contributed by atoms with Crippen LogP contribution in [0, 0.1) is 0 Å². The van der Waals surface area contributed by atoms with Gasteiger partial charge in [-0.1, -0.05) is 26.0 Å². The average molecular weight is 320 g/mol. The molecule has 1 atom stereocenters. The normalized spacial score (nSPS) is 12.9. The Morgan fingerprint density at radius 1 is 1.27 bits per heavy atom. The maximum atomic E-state index is 9.76. The fourth-order valence-electron chi connectivity index (χ4n) is 2.34. The molecular formula is C17H24N2O2S. The van der Waals surface area contributed by atoms with Crippen LogP contribution in [0.5, 0.6) is 5.75 Å². The van der Waals surface area contributed by atoms with Gasteiger partial charge in [-0.05, 0) is 24.7 Å². The summed E-state index contributed by atoms with van der Waals surface area (Å²) in [5, 5.41) is 10.9. The lowest BCUT2D eigenvalue weighted by molar-refractivity contribution is 0.143. The third kappa shape index (κ3) is 4.06. The topological polar surface area (TPSA) is 45.6 Å². The first-order valence-corrected chi connectivity index (χ1v) is 8.26. The highest BCUT2D eigenvalue weighted by atomic mass is 32.1. The van der Waals surface area contributed by atoms with Gasteiger partial charge in [0.2, 0.25) is 0 Å². The predicted octanol–water partition coefficient (Wildman–Crippen LogP) is 3.44. The van der Waals surface area contributed by atoms with Crippen molar-refractivity contribution >= 4 is 11.3 Å². The number of aromatic nitrogens is 1. The molecule has 2 rings (SSSR count). The van der Waals surface area contributed by atoms with E-state index in [1.165, 1.54) is 4.88 Å². The lowest BCUT2D eigenvalue weighted by atomic mass is 10.1. The summed E-state index contributed by atoms with van der Waals surface area (Å²) in [6, 6.07) is 7.82. The Balaban J connectivity index is 2.08. The molecule has 0 saturated heterocycles. The summed E-state index contributed by atoms with van der Waals surface area (Å²) in [4.78, 5) is 7.83. The zero-order valence-corrected chi connectivity index (χ0v) is 14.4. The van der Waals surface area contributed by atoms with Crippen LogP contribution in [0.4, 0.5) is 0 Å². The fraction of sp³-hybridized carbons (Fsp3) is 0.471. The van der Waals surface area contributed by atoms with Crippen molar-refractivity contribution in [1.82, 2.24) is 9.88 Å². The van der Waals surface area contributed by atoms with Crippen molar-refractivity contribution in [3.8, 4) is 5.75 Å². The average Bonchev–Trinajstić information content (AvgIpc) is 2.97. The van der Waals surface area contributed by atoms with E-state index in [-0.39, 0.29) is 12.6 Å². The van der Waals surface area contributed by atoms with E-state index in [0.29, 0.717) is 5.92 Å². The number of thiazole rings is 1. The quantitative estimate of drug-likeness (QED) is 0.849. The summed E-state index contributed by atoms with van der Waals surface area (Å²) in [5.41, 5.74) is 1.08. The van der Waals surface area contributed by atoms with Crippen molar-refractivity contribution in [3.05, 3.63) is 45.9 Å². The Labute approximate surface area is 136 Å². The number of ether oxygens (including phenoxy) is 1. The summed E-state index contributed by atoms with van der Waals surface area (Å²) < 4.78 is 5.18. The van der Waals surface area contributed by atoms with Crippen LogP contribution < -0.4 is 4.74 Å². The van der Waals surface area contributed by atoms with Gasteiger partial charge in [0.1, 0.15) is 5.75 Å². The molecule has 2 aromatic rings. The van der Waals surface area contributed by atoms with E-state index >= 15 is 0 Å². The zero-order valence-electron chi connectivity index (χ0n) is 13.6. The largest absolute Gasteiger partial charge is 0.497 e. The molecule has 22 heavy (non-hydrogen) atoms. The minimum Gasteiger partial charge on any atom is -0.497 e. The van der Waals surface area contributed by atoms with Gasteiger partial charge in [0.25, 0.3) is 0 Å². The number of nitrogens with zero attached hydrogens (tertiary/aromatic N) is 2. The molecular weight excluding hydrogens is 296 g/mol. The lowest BCUT2D eigenvalue weighted by Gasteiger charge is -2.26. The van der Waals surface area contributed by atoms with Crippen molar-refractivity contribution in [3.63, 3.8) is 0 Å². The zero-order chi connectivity index (χ0) is 16.1. The molecule has 120 valence electrons. The highest BCUT2D eigenvalue weighted by Gasteiger charge is 2.18. The van der Waals surface area contributed by atoms with Gasteiger partial charge >= 0.3 is 0 Å². The molecule has 0 radical (unpaired) electrons. The Hall–Kier alpha value is -1.43. The second kappa shape index (κ2) is 7.72. The number of aliphatic hydroxyl groups excluding tert-OH is 1. The fourth-order valence-corrected chi connectivity index (χ4v) is 3.33. The van der Waals surface area contributed by atoms with E-state index in [9.17, 15) is 5.11 Å². The van der Waals surface area contributed by atoms with Crippen LogP contribution in [0.15, 0.2) is 30.5 Å². The summed E-state index contributed by atoms with van der Waals surface area (Å²) in [7, 11) is 3.68. The first kappa shape index (κ1) is 16.9. The maximum Gasteiger partial charge on any atom is 0.118 e. The summed E-state index contributed by atoms with van der Waals surface area (Å²) in [5.74, 6) is 1.28. The third-order valence-corrected chi connectivity index (χ3v) is 4.96. The first-order chi connectivity index (χ1) is 10.5. The number of benzene rings is 1. The molecule has 0 fully saturated rings. The van der Waals surface area contributed by atoms with Gasteiger partial charge in [0.05, 0.1) is 24.8 Å². The number of rotatable bonds is 7. The second-order valence-corrected chi connectivity index (χ2v) is 6.85. The summed E-state index contributed by atoms with van der Waals surface area (Å²) in [6.07, 6.45) is 1.94. The number of likely N-dealkylation sites (N-methyl/N-ethyl adjacent to an activating group) is 1. The van der Waals surface area contributed by atoms with Gasteiger partial charge in [-0.25, -0.2) is 4.98 Å². The molecule has 0 aliphatic heterocycles. The second-order valence-electron chi connectivity index (χ2n) is 5.71. The lowest BCUT2D eigenvalue weighted by Crippen LogP contribution is -2.26. The molecule has 0 spiro atoms. The van der Waals surface area contributed by atoms with Gasteiger partial charge in [-0.15, -0.1) is 11.3 Å². The first-order valence-electron chi connectivity index (χ1n) is 7.44. The molecule has 0 amide bonds. The third-order valence-electron chi connectivity index (χ3n) is 3.68. The Morgan fingerprint density at radius 3 is 2.45 bits per heavy atom. The molecule has 0 bridgehead atoms. The molecule has 0 aliphatic rings. The van der Waals surface area contributed by atoms with Crippen LogP contribution in [-0.4, -0.2) is 35.8 Å². The number of hydrogen-bond donors (Lipinski definition) is 1. The van der Waals surface area contributed by atoms with E-state index in [1.54, 1.807) is 18.4 Å². The van der Waals surface area contributed by atoms with Crippen LogP contribution in [-0.2, 0) is 6.54 Å². The predicted molar refractivity (Wildman–Crippen MR) is 90.5 cm³/mol. The molecule has 4 nitrogen and oxygen atoms in total. The monoisotopic (exact) mass is 320 g/mol. The van der Waals surface area contributed by atoms with Crippen molar-refractivity contribution in [2.75, 3.05) is 20.8 Å². The summed E-state index contributed by atoms with van der Waals surface area (Å²) >= 11 is 1.74. The van der Waals surface area contributed by atoms with Gasteiger partial charge < -0.3 is 9.84 Å². The molecule has 1 unspecified atom stereocenters. The standard InChI is InChI=1S/C17H24N2O2S/c1-12(2)17-18-9-15(22-17)10-19(3)16(11-20)13-5-7-14(21-4)8-6-13/h5-9,12,16,20H,10-11H2,1-4H3. The SMILES string of the molecule is COc1ccc(C(CO)N(C)Cc2cnc(C(C)C)s2)cc1. The van der Waals surface area contributed by atoms with Crippen molar-refractivity contribution in [2.45, 2.75) is 32.4 Å². The Bertz CT molecular complexity index is 581. The van der Waals surface area contributed by atoms with Gasteiger partial charge in [-0.2, -0.15) is 0 Å². The number of aliphatic hydroxyl groups is 1. The highest BCUT2D eigenvalue weighted by Crippen LogP contribution is 2.26. The van der Waals surface area contributed by atoms with Crippen molar-refractivity contribution < 1.29 is 9.84 Å². The molecule has 1 heterocycles. The van der Waals surface area contributed by atoms with Crippen molar-refractivity contribution in [1.29, 1.82) is 0 Å².